The third-order valence-electron chi connectivity index (χ3n) is 9.17. The molecule has 2 saturated heterocycles. The number of nitrogens with zero attached hydrogens (tertiary/aromatic N) is 6. The third kappa shape index (κ3) is 4.64. The molecule has 2 fully saturated rings. The van der Waals surface area contributed by atoms with Gasteiger partial charge in [-0.05, 0) is 70.0 Å². The molecule has 0 radical (unpaired) electrons. The zero-order valence-corrected chi connectivity index (χ0v) is 25.0. The number of hydrogen-bond donors (Lipinski definition) is 1. The topological polar surface area (TPSA) is 92.2 Å². The first kappa shape index (κ1) is 27.8. The Balaban J connectivity index is 1.40. The van der Waals surface area contributed by atoms with E-state index < -0.39 is 5.82 Å². The number of hydrogen-bond acceptors (Lipinski definition) is 6. The van der Waals surface area contributed by atoms with Gasteiger partial charge in [-0.3, -0.25) is 9.89 Å². The second-order valence-corrected chi connectivity index (χ2v) is 12.1. The van der Waals surface area contributed by atoms with Gasteiger partial charge in [0.25, 0.3) is 0 Å². The van der Waals surface area contributed by atoms with E-state index in [2.05, 4.69) is 33.3 Å². The number of imidazole rings is 1. The highest BCUT2D eigenvalue weighted by Gasteiger charge is 2.29. The van der Waals surface area contributed by atoms with Crippen molar-refractivity contribution in [1.29, 1.82) is 0 Å². The largest absolute Gasteiger partial charge is 0.474 e. The van der Waals surface area contributed by atoms with Gasteiger partial charge in [-0.2, -0.15) is 5.10 Å². The van der Waals surface area contributed by atoms with Crippen molar-refractivity contribution in [2.45, 2.75) is 44.7 Å². The average Bonchev–Trinajstić information content (AvgIpc) is 3.77. The van der Waals surface area contributed by atoms with Crippen molar-refractivity contribution >= 4 is 50.3 Å². The van der Waals surface area contributed by atoms with Crippen molar-refractivity contribution in [1.82, 2.24) is 34.5 Å². The lowest BCUT2D eigenvalue weighted by molar-refractivity contribution is -0.127. The quantitative estimate of drug-likeness (QED) is 0.238. The fraction of sp³-hybridized carbons (Fsp3) is 0.375. The number of aromatic nitrogens is 5. The molecule has 1 amide bonds. The van der Waals surface area contributed by atoms with Gasteiger partial charge in [0.15, 0.2) is 11.3 Å². The molecule has 9 nitrogen and oxygen atoms in total. The van der Waals surface area contributed by atoms with Crippen molar-refractivity contribution in [3.63, 3.8) is 0 Å². The molecule has 5 aromatic rings. The Morgan fingerprint density at radius 2 is 2.00 bits per heavy atom. The van der Waals surface area contributed by atoms with Gasteiger partial charge in [-0.25, -0.2) is 14.4 Å². The van der Waals surface area contributed by atoms with E-state index in [0.29, 0.717) is 42.0 Å². The molecule has 0 aliphatic carbocycles. The van der Waals surface area contributed by atoms with Crippen molar-refractivity contribution in [2.75, 3.05) is 33.3 Å². The Hall–Kier alpha value is -4.02. The number of halogens is 2. The van der Waals surface area contributed by atoms with E-state index in [1.165, 1.54) is 6.08 Å². The molecule has 7 rings (SSSR count). The Bertz CT molecular complexity index is 1890. The van der Waals surface area contributed by atoms with Gasteiger partial charge >= 0.3 is 0 Å². The van der Waals surface area contributed by atoms with Crippen molar-refractivity contribution in [3.05, 3.63) is 59.8 Å². The van der Waals surface area contributed by atoms with E-state index in [0.717, 1.165) is 54.2 Å². The molecule has 222 valence electrons. The van der Waals surface area contributed by atoms with Gasteiger partial charge in [0, 0.05) is 47.1 Å². The number of piperidine rings is 1. The lowest BCUT2D eigenvalue weighted by Gasteiger charge is -2.32. The van der Waals surface area contributed by atoms with Crippen LogP contribution in [-0.2, 0) is 4.79 Å². The van der Waals surface area contributed by atoms with Crippen LogP contribution in [0.3, 0.4) is 0 Å². The summed E-state index contributed by atoms with van der Waals surface area (Å²) in [6, 6.07) is 5.97. The van der Waals surface area contributed by atoms with Crippen LogP contribution in [0.15, 0.2) is 43.4 Å². The van der Waals surface area contributed by atoms with Gasteiger partial charge in [0.2, 0.25) is 11.8 Å². The number of pyridine rings is 1. The average molecular weight is 602 g/mol. The highest BCUT2D eigenvalue weighted by atomic mass is 35.5. The Kier molecular flexibility index (Phi) is 7.05. The van der Waals surface area contributed by atoms with E-state index in [1.807, 2.05) is 19.1 Å². The fourth-order valence-electron chi connectivity index (χ4n) is 6.76. The maximum absolute atomic E-state index is 16.9. The molecule has 5 heterocycles. The molecule has 1 N–H and O–H groups in total. The van der Waals surface area contributed by atoms with Crippen molar-refractivity contribution in [3.8, 4) is 17.0 Å². The standard InChI is InChI=1S/C32H33ClFN7O2/c1-4-25(42)40-12-9-19(10-13-40)41-17-35-30-31(41)21-14-23(33)27(26-18(2)7-8-24-22(26)15-36-38-24)28(34)29(21)37-32(30)43-16-20-6-5-11-39(20)3/h4,7-8,14-15,17,19-20H,1,5-6,9-13,16H2,2-3H3,(H,36,38)/t20-/m0/s1. The number of carbonyl (C=O) groups is 1. The summed E-state index contributed by atoms with van der Waals surface area (Å²) in [7, 11) is 2.09. The van der Waals surface area contributed by atoms with Crippen molar-refractivity contribution < 1.29 is 13.9 Å². The molecule has 43 heavy (non-hydrogen) atoms. The smallest absolute Gasteiger partial charge is 0.245 e. The molecule has 0 bridgehead atoms. The number of aryl methyl sites for hydroxylation is 1. The van der Waals surface area contributed by atoms with Crippen LogP contribution in [0.2, 0.25) is 5.02 Å². The molecule has 0 saturated carbocycles. The molecule has 2 aliphatic heterocycles. The summed E-state index contributed by atoms with van der Waals surface area (Å²) in [5, 5.41) is 8.79. The number of H-pyrrole nitrogens is 1. The van der Waals surface area contributed by atoms with Gasteiger partial charge < -0.3 is 19.1 Å². The zero-order chi connectivity index (χ0) is 29.8. The maximum atomic E-state index is 16.9. The highest BCUT2D eigenvalue weighted by Crippen LogP contribution is 2.43. The van der Waals surface area contributed by atoms with E-state index in [1.54, 1.807) is 23.5 Å². The number of amides is 1. The summed E-state index contributed by atoms with van der Waals surface area (Å²) in [5.41, 5.74) is 4.13. The number of likely N-dealkylation sites (tertiary alicyclic amines) is 2. The third-order valence-corrected chi connectivity index (χ3v) is 9.47. The predicted molar refractivity (Wildman–Crippen MR) is 166 cm³/mol. The number of carbonyl (C=O) groups excluding carboxylic acids is 1. The summed E-state index contributed by atoms with van der Waals surface area (Å²) >= 11 is 6.94. The zero-order valence-electron chi connectivity index (χ0n) is 24.2. The normalized spacial score (nSPS) is 18.3. The fourth-order valence-corrected chi connectivity index (χ4v) is 7.05. The van der Waals surface area contributed by atoms with Crippen molar-refractivity contribution in [2.24, 2.45) is 0 Å². The van der Waals surface area contributed by atoms with Crippen LogP contribution >= 0.6 is 11.6 Å². The number of ether oxygens (including phenoxy) is 1. The lowest BCUT2D eigenvalue weighted by Crippen LogP contribution is -2.38. The second-order valence-electron chi connectivity index (χ2n) is 11.6. The molecule has 0 spiro atoms. The molecular weight excluding hydrogens is 569 g/mol. The minimum atomic E-state index is -0.511. The number of benzene rings is 2. The Morgan fingerprint density at radius 3 is 2.74 bits per heavy atom. The van der Waals surface area contributed by atoms with Crippen LogP contribution < -0.4 is 4.74 Å². The Morgan fingerprint density at radius 1 is 1.19 bits per heavy atom. The molecule has 0 unspecified atom stereocenters. The Labute approximate surface area is 253 Å². The maximum Gasteiger partial charge on any atom is 0.245 e. The molecule has 3 aromatic heterocycles. The first-order chi connectivity index (χ1) is 20.9. The SMILES string of the molecule is C=CC(=O)N1CCC(n2cnc3c(OC[C@@H]4CCCN4C)nc4c(F)c(-c5c(C)ccc6[nH]ncc56)c(Cl)cc4c32)CC1. The van der Waals surface area contributed by atoms with E-state index in [4.69, 9.17) is 26.3 Å². The number of nitrogens with one attached hydrogen (secondary N) is 1. The summed E-state index contributed by atoms with van der Waals surface area (Å²) in [5.74, 6) is -0.269. The molecule has 11 heteroatoms. The molecular formula is C32H33ClFN7O2. The van der Waals surface area contributed by atoms with E-state index >= 15 is 4.39 Å². The monoisotopic (exact) mass is 601 g/mol. The number of aromatic amines is 1. The minimum absolute atomic E-state index is 0.0571. The van der Waals surface area contributed by atoms with Crippen LogP contribution in [0, 0.1) is 12.7 Å². The van der Waals surface area contributed by atoms with Crippen LogP contribution in [0.25, 0.3) is 44.0 Å². The number of likely N-dealkylation sites (N-methyl/N-ethyl adjacent to an activating group) is 1. The van der Waals surface area contributed by atoms with Gasteiger partial charge in [0.1, 0.15) is 12.1 Å². The highest BCUT2D eigenvalue weighted by molar-refractivity contribution is 6.35. The summed E-state index contributed by atoms with van der Waals surface area (Å²) < 4.78 is 25.3. The van der Waals surface area contributed by atoms with Crippen LogP contribution in [-0.4, -0.2) is 79.8 Å². The summed E-state index contributed by atoms with van der Waals surface area (Å²) in [4.78, 5) is 25.8. The molecule has 1 atom stereocenters. The first-order valence-corrected chi connectivity index (χ1v) is 15.1. The lowest BCUT2D eigenvalue weighted by atomic mass is 9.95. The van der Waals surface area contributed by atoms with Gasteiger partial charge in [-0.15, -0.1) is 0 Å². The second kappa shape index (κ2) is 10.9. The molecule has 2 aliphatic rings. The van der Waals surface area contributed by atoms with Crippen LogP contribution in [0.4, 0.5) is 4.39 Å². The summed E-state index contributed by atoms with van der Waals surface area (Å²) in [6.07, 6.45) is 8.44. The van der Waals surface area contributed by atoms with Gasteiger partial charge in [0.05, 0.1) is 28.6 Å². The van der Waals surface area contributed by atoms with Crippen LogP contribution in [0.5, 0.6) is 5.88 Å². The van der Waals surface area contributed by atoms with Gasteiger partial charge in [-0.1, -0.05) is 24.2 Å². The summed E-state index contributed by atoms with van der Waals surface area (Å²) in [6.45, 7) is 8.21. The predicted octanol–water partition coefficient (Wildman–Crippen LogP) is 6.05. The van der Waals surface area contributed by atoms with Crippen LogP contribution in [0.1, 0.15) is 37.3 Å². The number of rotatable bonds is 6. The molecule has 2 aromatic carbocycles. The van der Waals surface area contributed by atoms with E-state index in [-0.39, 0.29) is 34.1 Å². The van der Waals surface area contributed by atoms with E-state index in [9.17, 15) is 4.79 Å². The minimum Gasteiger partial charge on any atom is -0.474 e. The number of fused-ring (bicyclic) bond motifs is 4. The first-order valence-electron chi connectivity index (χ1n) is 14.7.